The summed E-state index contributed by atoms with van der Waals surface area (Å²) in [5, 5.41) is 4.37. The number of amides is 1. The van der Waals surface area contributed by atoms with E-state index in [1.807, 2.05) is 0 Å². The number of nitrogens with one attached hydrogen (secondary N) is 2. The Labute approximate surface area is 176 Å². The Morgan fingerprint density at radius 3 is 2.45 bits per heavy atom. The van der Waals surface area contributed by atoms with Gasteiger partial charge in [-0.1, -0.05) is 11.6 Å². The van der Waals surface area contributed by atoms with E-state index >= 15 is 0 Å². The van der Waals surface area contributed by atoms with Crippen LogP contribution in [0.5, 0.6) is 0 Å². The smallest absolute Gasteiger partial charge is 0.350 e. The van der Waals surface area contributed by atoms with E-state index < -0.39 is 40.5 Å². The summed E-state index contributed by atoms with van der Waals surface area (Å²) in [5.74, 6) is -2.26. The van der Waals surface area contributed by atoms with E-state index in [0.29, 0.717) is 5.02 Å². The molecule has 2 N–H and O–H groups in total. The predicted octanol–water partition coefficient (Wildman–Crippen LogP) is 2.04. The fourth-order valence-electron chi connectivity index (χ4n) is 2.07. The highest BCUT2D eigenvalue weighted by Gasteiger charge is 2.24. The molecule has 1 aromatic heterocycles. The molecule has 1 aromatic carbocycles. The molecule has 0 aliphatic rings. The molecule has 2 aromatic rings. The minimum atomic E-state index is -3.98. The molecule has 0 radical (unpaired) electrons. The Morgan fingerprint density at radius 2 is 1.83 bits per heavy atom. The summed E-state index contributed by atoms with van der Waals surface area (Å²) >= 11 is 6.80. The summed E-state index contributed by atoms with van der Waals surface area (Å²) in [6.07, 6.45) is 0. The standard InChI is InChI=1S/C17H17ClN2O7S2/c1-10(20-29(24,25)12-5-3-11(18)4-6-12)16(22)27-9-14(21)19-13-7-8-28-15(13)17(23)26-2/h3-8,10,20H,9H2,1-2H3,(H,19,21)/t10-/m0/s1. The van der Waals surface area contributed by atoms with Crippen LogP contribution in [0.25, 0.3) is 0 Å². The van der Waals surface area contributed by atoms with Crippen LogP contribution in [0.2, 0.25) is 5.02 Å². The summed E-state index contributed by atoms with van der Waals surface area (Å²) in [6.45, 7) is 0.615. The number of hydrogen-bond acceptors (Lipinski definition) is 8. The van der Waals surface area contributed by atoms with Gasteiger partial charge in [0.25, 0.3) is 5.91 Å². The molecule has 0 saturated heterocycles. The zero-order valence-electron chi connectivity index (χ0n) is 15.3. The number of carbonyl (C=O) groups is 3. The maximum absolute atomic E-state index is 12.3. The Balaban J connectivity index is 1.90. The fraction of sp³-hybridized carbons (Fsp3) is 0.235. The topological polar surface area (TPSA) is 128 Å². The number of hydrogen-bond donors (Lipinski definition) is 2. The Bertz CT molecular complexity index is 1000. The average molecular weight is 461 g/mol. The van der Waals surface area contributed by atoms with Crippen LogP contribution < -0.4 is 10.0 Å². The van der Waals surface area contributed by atoms with E-state index in [-0.39, 0.29) is 15.5 Å². The van der Waals surface area contributed by atoms with E-state index in [1.54, 1.807) is 5.38 Å². The molecule has 0 spiro atoms. The third-order valence-electron chi connectivity index (χ3n) is 3.47. The van der Waals surface area contributed by atoms with Crippen molar-refractivity contribution >= 4 is 56.5 Å². The van der Waals surface area contributed by atoms with Crippen molar-refractivity contribution < 1.29 is 32.3 Å². The molecule has 2 rings (SSSR count). The largest absolute Gasteiger partial charge is 0.465 e. The van der Waals surface area contributed by atoms with Crippen molar-refractivity contribution in [2.45, 2.75) is 17.9 Å². The molecule has 156 valence electrons. The van der Waals surface area contributed by atoms with Gasteiger partial charge in [0, 0.05) is 5.02 Å². The molecule has 0 aliphatic heterocycles. The number of ether oxygens (including phenoxy) is 2. The van der Waals surface area contributed by atoms with Gasteiger partial charge < -0.3 is 14.8 Å². The van der Waals surface area contributed by atoms with Gasteiger partial charge in [0.2, 0.25) is 10.0 Å². The number of esters is 2. The number of carbonyl (C=O) groups excluding carboxylic acids is 3. The number of methoxy groups -OCH3 is 1. The van der Waals surface area contributed by atoms with Crippen LogP contribution in [0.15, 0.2) is 40.6 Å². The van der Waals surface area contributed by atoms with Gasteiger partial charge in [-0.15, -0.1) is 11.3 Å². The van der Waals surface area contributed by atoms with Crippen molar-refractivity contribution in [3.8, 4) is 0 Å². The highest BCUT2D eigenvalue weighted by Crippen LogP contribution is 2.23. The molecular formula is C17H17ClN2O7S2. The van der Waals surface area contributed by atoms with Gasteiger partial charge in [-0.25, -0.2) is 13.2 Å². The van der Waals surface area contributed by atoms with Crippen molar-refractivity contribution in [3.63, 3.8) is 0 Å². The molecule has 0 unspecified atom stereocenters. The summed E-state index contributed by atoms with van der Waals surface area (Å²) < 4.78 is 36.1. The van der Waals surface area contributed by atoms with Gasteiger partial charge in [0.15, 0.2) is 6.61 Å². The van der Waals surface area contributed by atoms with E-state index in [1.165, 1.54) is 44.4 Å². The second-order valence-corrected chi connectivity index (χ2v) is 8.67. The van der Waals surface area contributed by atoms with Crippen molar-refractivity contribution in [2.75, 3.05) is 19.0 Å². The zero-order valence-corrected chi connectivity index (χ0v) is 17.7. The summed E-state index contributed by atoms with van der Waals surface area (Å²) in [6, 6.07) is 5.63. The second kappa shape index (κ2) is 9.83. The average Bonchev–Trinajstić information content (AvgIpc) is 3.13. The fourth-order valence-corrected chi connectivity index (χ4v) is 4.15. The van der Waals surface area contributed by atoms with Crippen LogP contribution in [0.4, 0.5) is 5.69 Å². The molecule has 9 nitrogen and oxygen atoms in total. The Kier molecular flexibility index (Phi) is 7.73. The van der Waals surface area contributed by atoms with Gasteiger partial charge in [-0.2, -0.15) is 4.72 Å². The first kappa shape index (κ1) is 22.8. The minimum Gasteiger partial charge on any atom is -0.465 e. The third kappa shape index (κ3) is 6.26. The lowest BCUT2D eigenvalue weighted by Crippen LogP contribution is -2.40. The Hall–Kier alpha value is -2.47. The van der Waals surface area contributed by atoms with Crippen LogP contribution in [0.3, 0.4) is 0 Å². The minimum absolute atomic E-state index is 0.0768. The molecule has 1 atom stereocenters. The van der Waals surface area contributed by atoms with E-state index in [4.69, 9.17) is 16.3 Å². The number of sulfonamides is 1. The zero-order chi connectivity index (χ0) is 21.6. The Morgan fingerprint density at radius 1 is 1.17 bits per heavy atom. The van der Waals surface area contributed by atoms with Crippen molar-refractivity contribution in [1.82, 2.24) is 4.72 Å². The van der Waals surface area contributed by atoms with Crippen LogP contribution in [0, 0.1) is 0 Å². The molecule has 12 heteroatoms. The first-order valence-electron chi connectivity index (χ1n) is 8.04. The van der Waals surface area contributed by atoms with E-state index in [9.17, 15) is 22.8 Å². The van der Waals surface area contributed by atoms with Crippen LogP contribution in [-0.4, -0.2) is 46.0 Å². The molecule has 29 heavy (non-hydrogen) atoms. The lowest BCUT2D eigenvalue weighted by Gasteiger charge is -2.14. The van der Waals surface area contributed by atoms with Crippen molar-refractivity contribution in [3.05, 3.63) is 45.6 Å². The summed E-state index contributed by atoms with van der Waals surface area (Å²) in [7, 11) is -2.77. The first-order chi connectivity index (χ1) is 13.6. The molecule has 1 amide bonds. The van der Waals surface area contributed by atoms with E-state index in [0.717, 1.165) is 11.3 Å². The molecular weight excluding hydrogens is 444 g/mol. The lowest BCUT2D eigenvalue weighted by molar-refractivity contribution is -0.148. The van der Waals surface area contributed by atoms with Gasteiger partial charge in [0.05, 0.1) is 17.7 Å². The molecule has 0 bridgehead atoms. The van der Waals surface area contributed by atoms with E-state index in [2.05, 4.69) is 14.8 Å². The monoisotopic (exact) mass is 460 g/mol. The highest BCUT2D eigenvalue weighted by atomic mass is 35.5. The van der Waals surface area contributed by atoms with Crippen LogP contribution in [0.1, 0.15) is 16.6 Å². The number of thiophene rings is 1. The number of halogens is 1. The molecule has 0 fully saturated rings. The highest BCUT2D eigenvalue weighted by molar-refractivity contribution is 7.89. The van der Waals surface area contributed by atoms with Crippen LogP contribution >= 0.6 is 22.9 Å². The van der Waals surface area contributed by atoms with Crippen molar-refractivity contribution in [1.29, 1.82) is 0 Å². The lowest BCUT2D eigenvalue weighted by atomic mass is 10.3. The molecule has 0 saturated carbocycles. The number of anilines is 1. The summed E-state index contributed by atoms with van der Waals surface area (Å²) in [4.78, 5) is 35.7. The van der Waals surface area contributed by atoms with Crippen LogP contribution in [-0.2, 0) is 29.1 Å². The second-order valence-electron chi connectivity index (χ2n) is 5.61. The van der Waals surface area contributed by atoms with Gasteiger partial charge in [-0.05, 0) is 42.6 Å². The van der Waals surface area contributed by atoms with Crippen molar-refractivity contribution in [2.24, 2.45) is 0 Å². The normalized spacial score (nSPS) is 12.1. The maximum atomic E-state index is 12.3. The van der Waals surface area contributed by atoms with Gasteiger partial charge in [-0.3, -0.25) is 9.59 Å². The molecule has 1 heterocycles. The number of benzene rings is 1. The number of rotatable bonds is 8. The summed E-state index contributed by atoms with van der Waals surface area (Å²) in [5.41, 5.74) is 0.222. The van der Waals surface area contributed by atoms with Gasteiger partial charge >= 0.3 is 11.9 Å². The first-order valence-corrected chi connectivity index (χ1v) is 10.8. The molecule has 0 aliphatic carbocycles. The predicted molar refractivity (Wildman–Crippen MR) is 106 cm³/mol. The quantitative estimate of drug-likeness (QED) is 0.577. The third-order valence-corrected chi connectivity index (χ3v) is 6.17. The SMILES string of the molecule is COC(=O)c1sccc1NC(=O)COC(=O)[C@H](C)NS(=O)(=O)c1ccc(Cl)cc1. The maximum Gasteiger partial charge on any atom is 0.350 e. The van der Waals surface area contributed by atoms with Gasteiger partial charge in [0.1, 0.15) is 10.9 Å².